The summed E-state index contributed by atoms with van der Waals surface area (Å²) < 4.78 is 42.4. The molecule has 0 aliphatic carbocycles. The van der Waals surface area contributed by atoms with Gasteiger partial charge in [-0.2, -0.15) is 13.2 Å². The molecule has 0 fully saturated rings. The number of benzene rings is 1. The van der Waals surface area contributed by atoms with Crippen molar-refractivity contribution in [2.75, 3.05) is 7.11 Å². The molecule has 0 saturated heterocycles. The quantitative estimate of drug-likeness (QED) is 0.778. The summed E-state index contributed by atoms with van der Waals surface area (Å²) in [5.41, 5.74) is 4.44. The lowest BCUT2D eigenvalue weighted by molar-refractivity contribution is -0.149. The second kappa shape index (κ2) is 5.35. The van der Waals surface area contributed by atoms with Crippen LogP contribution in [-0.2, 0) is 11.2 Å². The first-order chi connectivity index (χ1) is 8.66. The van der Waals surface area contributed by atoms with Crippen LogP contribution in [0.5, 0.6) is 11.5 Å². The first-order valence-corrected chi connectivity index (χ1v) is 5.10. The Balaban J connectivity index is 3.33. The minimum absolute atomic E-state index is 0.0526. The molecule has 0 bridgehead atoms. The van der Waals surface area contributed by atoms with Crippen LogP contribution in [-0.4, -0.2) is 29.5 Å². The second-order valence-electron chi connectivity index (χ2n) is 3.83. The minimum atomic E-state index is -4.76. The van der Waals surface area contributed by atoms with Crippen LogP contribution in [0, 0.1) is 0 Å². The average molecular weight is 279 g/mol. The molecule has 0 aliphatic heterocycles. The fourth-order valence-electron chi connectivity index (χ4n) is 1.53. The number of phenolic OH excluding ortho intramolecular Hbond substituents is 1. The third-order valence-electron chi connectivity index (χ3n) is 2.43. The Kier molecular flexibility index (Phi) is 4.25. The van der Waals surface area contributed by atoms with Crippen molar-refractivity contribution in [2.24, 2.45) is 5.73 Å². The summed E-state index contributed by atoms with van der Waals surface area (Å²) in [5, 5.41) is 18.3. The number of hydrogen-bond acceptors (Lipinski definition) is 4. The number of rotatable bonds is 4. The lowest BCUT2D eigenvalue weighted by atomic mass is 10.0. The highest BCUT2D eigenvalue weighted by molar-refractivity contribution is 5.71. The molecule has 0 aliphatic rings. The summed E-state index contributed by atoms with van der Waals surface area (Å²) in [5.74, 6) is -2.23. The Labute approximate surface area is 106 Å². The van der Waals surface area contributed by atoms with E-state index in [1.807, 2.05) is 0 Å². The summed E-state index contributed by atoms with van der Waals surface area (Å²) in [7, 11) is 1.14. The summed E-state index contributed by atoms with van der Waals surface area (Å²) in [6.45, 7) is 0. The molecule has 4 N–H and O–H groups in total. The molecule has 5 nitrogen and oxygen atoms in total. The van der Waals surface area contributed by atoms with E-state index >= 15 is 0 Å². The summed E-state index contributed by atoms with van der Waals surface area (Å²) in [6, 6.07) is -0.365. The Bertz CT molecular complexity index is 488. The van der Waals surface area contributed by atoms with E-state index in [4.69, 9.17) is 15.6 Å². The number of carboxylic acid groups (broad SMARTS) is 1. The topological polar surface area (TPSA) is 92.8 Å². The molecule has 19 heavy (non-hydrogen) atoms. The van der Waals surface area contributed by atoms with Crippen molar-refractivity contribution < 1.29 is 32.9 Å². The molecule has 0 heterocycles. The van der Waals surface area contributed by atoms with Crippen molar-refractivity contribution in [3.05, 3.63) is 23.3 Å². The average Bonchev–Trinajstić information content (AvgIpc) is 2.28. The van der Waals surface area contributed by atoms with Gasteiger partial charge < -0.3 is 20.7 Å². The zero-order chi connectivity index (χ0) is 14.8. The number of ether oxygens (including phenoxy) is 1. The van der Waals surface area contributed by atoms with E-state index in [-0.39, 0.29) is 11.3 Å². The predicted molar refractivity (Wildman–Crippen MR) is 59.0 cm³/mol. The number of aromatic hydroxyl groups is 1. The van der Waals surface area contributed by atoms with Crippen molar-refractivity contribution >= 4 is 5.97 Å². The van der Waals surface area contributed by atoms with E-state index < -0.39 is 35.9 Å². The van der Waals surface area contributed by atoms with Gasteiger partial charge in [-0.3, -0.25) is 4.79 Å². The van der Waals surface area contributed by atoms with E-state index in [1.54, 1.807) is 0 Å². The van der Waals surface area contributed by atoms with Gasteiger partial charge in [-0.1, -0.05) is 0 Å². The molecule has 0 aromatic heterocycles. The molecule has 0 amide bonds. The maximum absolute atomic E-state index is 12.6. The van der Waals surface area contributed by atoms with Gasteiger partial charge in [-0.25, -0.2) is 0 Å². The maximum atomic E-state index is 12.6. The van der Waals surface area contributed by atoms with Gasteiger partial charge in [-0.15, -0.1) is 0 Å². The molecule has 0 radical (unpaired) electrons. The molecule has 1 aromatic rings. The lowest BCUT2D eigenvalue weighted by Crippen LogP contribution is -2.28. The first kappa shape index (κ1) is 15.1. The van der Waals surface area contributed by atoms with E-state index in [9.17, 15) is 23.1 Å². The Morgan fingerprint density at radius 1 is 1.47 bits per heavy atom. The Hall–Kier alpha value is -1.96. The van der Waals surface area contributed by atoms with Gasteiger partial charge >= 0.3 is 12.1 Å². The standard InChI is InChI=1S/C11H12F3NO4/c1-19-7-3-5(4-8(16)17)2-6(9(7)18)10(15)11(12,13)14/h2-3,10,18H,4,15H2,1H3,(H,16,17)/t10-/m0/s1. The minimum Gasteiger partial charge on any atom is -0.504 e. The number of halogens is 3. The van der Waals surface area contributed by atoms with Crippen molar-refractivity contribution in [2.45, 2.75) is 18.6 Å². The van der Waals surface area contributed by atoms with Gasteiger partial charge in [0.05, 0.1) is 13.5 Å². The molecule has 0 unspecified atom stereocenters. The van der Waals surface area contributed by atoms with E-state index in [0.29, 0.717) is 0 Å². The van der Waals surface area contributed by atoms with Crippen LogP contribution in [0.2, 0.25) is 0 Å². The lowest BCUT2D eigenvalue weighted by Gasteiger charge is -2.19. The Morgan fingerprint density at radius 2 is 2.05 bits per heavy atom. The highest BCUT2D eigenvalue weighted by atomic mass is 19.4. The van der Waals surface area contributed by atoms with Gasteiger partial charge in [0.2, 0.25) is 0 Å². The van der Waals surface area contributed by atoms with Crippen molar-refractivity contribution in [3.8, 4) is 11.5 Å². The second-order valence-corrected chi connectivity index (χ2v) is 3.83. The number of hydrogen-bond donors (Lipinski definition) is 3. The van der Waals surface area contributed by atoms with Gasteiger partial charge in [0.25, 0.3) is 0 Å². The summed E-state index contributed by atoms with van der Waals surface area (Å²) in [4.78, 5) is 10.6. The first-order valence-electron chi connectivity index (χ1n) is 5.10. The van der Waals surface area contributed by atoms with Crippen molar-refractivity contribution in [1.82, 2.24) is 0 Å². The smallest absolute Gasteiger partial charge is 0.407 e. The van der Waals surface area contributed by atoms with Crippen LogP contribution in [0.3, 0.4) is 0 Å². The predicted octanol–water partition coefficient (Wildman–Crippen LogP) is 1.59. The van der Waals surface area contributed by atoms with Crippen LogP contribution >= 0.6 is 0 Å². The van der Waals surface area contributed by atoms with Crippen LogP contribution in [0.1, 0.15) is 17.2 Å². The molecule has 0 saturated carbocycles. The molecular formula is C11H12F3NO4. The molecule has 8 heteroatoms. The monoisotopic (exact) mass is 279 g/mol. The molecule has 1 rings (SSSR count). The summed E-state index contributed by atoms with van der Waals surface area (Å²) >= 11 is 0. The zero-order valence-corrected chi connectivity index (χ0v) is 9.86. The highest BCUT2D eigenvalue weighted by Crippen LogP contribution is 2.40. The van der Waals surface area contributed by atoms with Gasteiger partial charge in [0.1, 0.15) is 6.04 Å². The van der Waals surface area contributed by atoms with Crippen LogP contribution in [0.4, 0.5) is 13.2 Å². The molecular weight excluding hydrogens is 267 g/mol. The van der Waals surface area contributed by atoms with Gasteiger partial charge in [0.15, 0.2) is 11.5 Å². The summed E-state index contributed by atoms with van der Waals surface area (Å²) in [6.07, 6.45) is -5.27. The molecule has 0 spiro atoms. The number of alkyl halides is 3. The normalized spacial score (nSPS) is 13.1. The zero-order valence-electron chi connectivity index (χ0n) is 9.86. The number of nitrogens with two attached hydrogens (primary N) is 1. The largest absolute Gasteiger partial charge is 0.504 e. The van der Waals surface area contributed by atoms with Crippen molar-refractivity contribution in [3.63, 3.8) is 0 Å². The van der Waals surface area contributed by atoms with E-state index in [0.717, 1.165) is 19.2 Å². The molecule has 106 valence electrons. The number of carboxylic acids is 1. The molecule has 1 atom stereocenters. The number of methoxy groups -OCH3 is 1. The number of aliphatic carboxylic acids is 1. The van der Waals surface area contributed by atoms with Gasteiger partial charge in [0, 0.05) is 5.56 Å². The fraction of sp³-hybridized carbons (Fsp3) is 0.364. The Morgan fingerprint density at radius 3 is 2.47 bits per heavy atom. The highest BCUT2D eigenvalue weighted by Gasteiger charge is 2.40. The van der Waals surface area contributed by atoms with Gasteiger partial charge in [-0.05, 0) is 17.7 Å². The van der Waals surface area contributed by atoms with E-state index in [1.165, 1.54) is 0 Å². The number of phenols is 1. The van der Waals surface area contributed by atoms with Crippen LogP contribution in [0.15, 0.2) is 12.1 Å². The molecule has 1 aromatic carbocycles. The third kappa shape index (κ3) is 3.50. The third-order valence-corrected chi connectivity index (χ3v) is 2.43. The fourth-order valence-corrected chi connectivity index (χ4v) is 1.53. The van der Waals surface area contributed by atoms with Crippen LogP contribution < -0.4 is 10.5 Å². The number of carbonyl (C=O) groups is 1. The maximum Gasteiger partial charge on any atom is 0.407 e. The van der Waals surface area contributed by atoms with Crippen molar-refractivity contribution in [1.29, 1.82) is 0 Å². The van der Waals surface area contributed by atoms with E-state index in [2.05, 4.69) is 0 Å². The SMILES string of the molecule is COc1cc(CC(=O)O)cc([C@H](N)C(F)(F)F)c1O. The van der Waals surface area contributed by atoms with Crippen LogP contribution in [0.25, 0.3) is 0 Å².